The lowest BCUT2D eigenvalue weighted by Gasteiger charge is -2.10. The van der Waals surface area contributed by atoms with Crippen LogP contribution in [0, 0.1) is 0 Å². The fourth-order valence-electron chi connectivity index (χ4n) is 2.33. The van der Waals surface area contributed by atoms with Crippen molar-refractivity contribution in [3.05, 3.63) is 54.1 Å². The van der Waals surface area contributed by atoms with Crippen LogP contribution in [0.5, 0.6) is 5.75 Å². The molecule has 0 spiro atoms. The first-order valence-electron chi connectivity index (χ1n) is 9.14. The third kappa shape index (κ3) is 7.05. The maximum atomic E-state index is 12.5. The molecule has 2 aromatic rings. The minimum atomic E-state index is -3.80. The molecule has 0 radical (unpaired) electrons. The molecule has 10 heteroatoms. The van der Waals surface area contributed by atoms with E-state index >= 15 is 0 Å². The zero-order chi connectivity index (χ0) is 22.0. The molecule has 1 amide bonds. The van der Waals surface area contributed by atoms with Crippen LogP contribution in [-0.2, 0) is 24.3 Å². The topological polar surface area (TPSA) is 120 Å². The predicted octanol–water partition coefficient (Wildman–Crippen LogP) is 1.81. The zero-order valence-electron chi connectivity index (χ0n) is 16.7. The van der Waals surface area contributed by atoms with Crippen LogP contribution in [0.1, 0.15) is 17.3 Å². The Kier molecular flexibility index (Phi) is 8.63. The fourth-order valence-corrected chi connectivity index (χ4v) is 3.39. The van der Waals surface area contributed by atoms with Crippen molar-refractivity contribution in [2.45, 2.75) is 11.8 Å². The van der Waals surface area contributed by atoms with E-state index < -0.39 is 28.5 Å². The van der Waals surface area contributed by atoms with Gasteiger partial charge in [-0.15, -0.1) is 0 Å². The van der Waals surface area contributed by atoms with Crippen LogP contribution in [-0.4, -0.2) is 53.8 Å². The maximum absolute atomic E-state index is 12.5. The summed E-state index contributed by atoms with van der Waals surface area (Å²) in [5.74, 6) is -0.565. The minimum Gasteiger partial charge on any atom is -0.494 e. The normalized spacial score (nSPS) is 10.9. The predicted molar refractivity (Wildman–Crippen MR) is 110 cm³/mol. The van der Waals surface area contributed by atoms with Crippen LogP contribution in [0.4, 0.5) is 5.69 Å². The summed E-state index contributed by atoms with van der Waals surface area (Å²) < 4.78 is 42.4. The van der Waals surface area contributed by atoms with Crippen LogP contribution >= 0.6 is 0 Å². The lowest BCUT2D eigenvalue weighted by Crippen LogP contribution is -2.31. The number of hydrogen-bond acceptors (Lipinski definition) is 7. The van der Waals surface area contributed by atoms with E-state index in [1.807, 2.05) is 6.92 Å². The quantitative estimate of drug-likeness (QED) is 0.407. The number of benzene rings is 2. The first kappa shape index (κ1) is 23.2. The van der Waals surface area contributed by atoms with Gasteiger partial charge < -0.3 is 19.5 Å². The molecule has 0 heterocycles. The average molecular weight is 436 g/mol. The van der Waals surface area contributed by atoms with Gasteiger partial charge in [0.1, 0.15) is 5.75 Å². The molecule has 0 bridgehead atoms. The molecule has 0 aliphatic heterocycles. The standard InChI is InChI=1S/C20H24N2O7S/c1-3-28-17-8-10-18(11-9-17)30(25,26)22-16-6-4-15(5-7-16)20(24)29-14-19(23)21-12-13-27-2/h4-11,22H,3,12-14H2,1-2H3,(H,21,23). The van der Waals surface area contributed by atoms with Gasteiger partial charge in [0.2, 0.25) is 0 Å². The number of amides is 1. The van der Waals surface area contributed by atoms with Crippen LogP contribution in [0.2, 0.25) is 0 Å². The van der Waals surface area contributed by atoms with E-state index in [2.05, 4.69) is 10.0 Å². The monoisotopic (exact) mass is 436 g/mol. The SMILES string of the molecule is CCOc1ccc(S(=O)(=O)Nc2ccc(C(=O)OCC(=O)NCCOC)cc2)cc1. The Balaban J connectivity index is 1.93. The lowest BCUT2D eigenvalue weighted by atomic mass is 10.2. The molecular weight excluding hydrogens is 412 g/mol. The molecule has 0 unspecified atom stereocenters. The highest BCUT2D eigenvalue weighted by Crippen LogP contribution is 2.20. The summed E-state index contributed by atoms with van der Waals surface area (Å²) in [4.78, 5) is 23.6. The second-order valence-corrected chi connectivity index (χ2v) is 7.69. The van der Waals surface area contributed by atoms with Gasteiger partial charge >= 0.3 is 5.97 Å². The second kappa shape index (κ2) is 11.2. The Bertz CT molecular complexity index is 942. The molecule has 2 N–H and O–H groups in total. The highest BCUT2D eigenvalue weighted by molar-refractivity contribution is 7.92. The summed E-state index contributed by atoms with van der Waals surface area (Å²) in [7, 11) is -2.29. The molecule has 0 saturated heterocycles. The average Bonchev–Trinajstić information content (AvgIpc) is 2.73. The van der Waals surface area contributed by atoms with E-state index in [0.29, 0.717) is 25.5 Å². The summed E-state index contributed by atoms with van der Waals surface area (Å²) in [5.41, 5.74) is 0.460. The highest BCUT2D eigenvalue weighted by Gasteiger charge is 2.15. The van der Waals surface area contributed by atoms with E-state index in [4.69, 9.17) is 14.2 Å². The molecular formula is C20H24N2O7S. The maximum Gasteiger partial charge on any atom is 0.338 e. The molecule has 162 valence electrons. The van der Waals surface area contributed by atoms with Crippen molar-refractivity contribution in [3.8, 4) is 5.75 Å². The van der Waals surface area contributed by atoms with E-state index in [9.17, 15) is 18.0 Å². The zero-order valence-corrected chi connectivity index (χ0v) is 17.5. The van der Waals surface area contributed by atoms with Crippen LogP contribution in [0.25, 0.3) is 0 Å². The summed E-state index contributed by atoms with van der Waals surface area (Å²) >= 11 is 0. The molecule has 0 aliphatic carbocycles. The largest absolute Gasteiger partial charge is 0.494 e. The number of esters is 1. The van der Waals surface area contributed by atoms with Crippen molar-refractivity contribution in [2.24, 2.45) is 0 Å². The van der Waals surface area contributed by atoms with Crippen LogP contribution in [0.3, 0.4) is 0 Å². The molecule has 0 fully saturated rings. The second-order valence-electron chi connectivity index (χ2n) is 6.01. The first-order chi connectivity index (χ1) is 14.4. The highest BCUT2D eigenvalue weighted by atomic mass is 32.2. The lowest BCUT2D eigenvalue weighted by molar-refractivity contribution is -0.124. The third-order valence-corrected chi connectivity index (χ3v) is 5.18. The Morgan fingerprint density at radius 3 is 2.27 bits per heavy atom. The van der Waals surface area contributed by atoms with E-state index in [0.717, 1.165) is 0 Å². The number of carbonyl (C=O) groups is 2. The molecule has 30 heavy (non-hydrogen) atoms. The van der Waals surface area contributed by atoms with Crippen molar-refractivity contribution in [1.29, 1.82) is 0 Å². The number of hydrogen-bond donors (Lipinski definition) is 2. The minimum absolute atomic E-state index is 0.0777. The number of methoxy groups -OCH3 is 1. The van der Waals surface area contributed by atoms with Gasteiger partial charge in [-0.1, -0.05) is 0 Å². The molecule has 0 atom stereocenters. The van der Waals surface area contributed by atoms with E-state index in [-0.39, 0.29) is 16.1 Å². The summed E-state index contributed by atoms with van der Waals surface area (Å²) in [6.07, 6.45) is 0. The van der Waals surface area contributed by atoms with E-state index in [1.165, 1.54) is 43.5 Å². The van der Waals surface area contributed by atoms with Gasteiger partial charge in [-0.2, -0.15) is 0 Å². The van der Waals surface area contributed by atoms with Gasteiger partial charge in [0.25, 0.3) is 15.9 Å². The smallest absolute Gasteiger partial charge is 0.338 e. The van der Waals surface area contributed by atoms with Gasteiger partial charge in [-0.05, 0) is 55.5 Å². The Morgan fingerprint density at radius 1 is 1.00 bits per heavy atom. The number of anilines is 1. The van der Waals surface area contributed by atoms with Crippen molar-refractivity contribution in [1.82, 2.24) is 5.32 Å². The van der Waals surface area contributed by atoms with Gasteiger partial charge in [-0.3, -0.25) is 9.52 Å². The van der Waals surface area contributed by atoms with Gasteiger partial charge in [0.05, 0.1) is 23.7 Å². The van der Waals surface area contributed by atoms with Gasteiger partial charge in [-0.25, -0.2) is 13.2 Å². The van der Waals surface area contributed by atoms with Crippen LogP contribution in [0.15, 0.2) is 53.4 Å². The number of carbonyl (C=O) groups excluding carboxylic acids is 2. The number of nitrogens with one attached hydrogen (secondary N) is 2. The van der Waals surface area contributed by atoms with Gasteiger partial charge in [0, 0.05) is 19.3 Å². The molecule has 2 aromatic carbocycles. The van der Waals surface area contributed by atoms with Crippen molar-refractivity contribution in [2.75, 3.05) is 38.2 Å². The van der Waals surface area contributed by atoms with Crippen molar-refractivity contribution < 1.29 is 32.2 Å². The fraction of sp³-hybridized carbons (Fsp3) is 0.300. The summed E-state index contributed by atoms with van der Waals surface area (Å²) in [6, 6.07) is 11.7. The van der Waals surface area contributed by atoms with Crippen LogP contribution < -0.4 is 14.8 Å². The summed E-state index contributed by atoms with van der Waals surface area (Å²) in [5, 5.41) is 2.53. The van der Waals surface area contributed by atoms with Crippen molar-refractivity contribution in [3.63, 3.8) is 0 Å². The number of rotatable bonds is 11. The van der Waals surface area contributed by atoms with Crippen molar-refractivity contribution >= 4 is 27.6 Å². The molecule has 0 aliphatic rings. The Morgan fingerprint density at radius 2 is 1.67 bits per heavy atom. The molecule has 2 rings (SSSR count). The summed E-state index contributed by atoms with van der Waals surface area (Å²) in [6.45, 7) is 2.57. The molecule has 9 nitrogen and oxygen atoms in total. The number of sulfonamides is 1. The molecule has 0 saturated carbocycles. The molecule has 0 aromatic heterocycles. The third-order valence-electron chi connectivity index (χ3n) is 3.78. The Labute approximate surface area is 175 Å². The Hall–Kier alpha value is -3.11. The van der Waals surface area contributed by atoms with Gasteiger partial charge in [0.15, 0.2) is 6.61 Å². The number of ether oxygens (including phenoxy) is 3. The first-order valence-corrected chi connectivity index (χ1v) is 10.6. The van der Waals surface area contributed by atoms with E-state index in [1.54, 1.807) is 12.1 Å².